The third kappa shape index (κ3) is 6.29. The van der Waals surface area contributed by atoms with E-state index in [1.165, 1.54) is 53.6 Å². The van der Waals surface area contributed by atoms with Crippen molar-refractivity contribution in [2.75, 3.05) is 44.2 Å². The molecule has 2 rings (SSSR count). The third-order valence-electron chi connectivity index (χ3n) is 4.23. The van der Waals surface area contributed by atoms with Crippen LogP contribution in [0.5, 0.6) is 23.0 Å². The summed E-state index contributed by atoms with van der Waals surface area (Å²) in [5.41, 5.74) is 1.40. The fourth-order valence-corrected chi connectivity index (χ4v) is 3.29. The highest BCUT2D eigenvalue weighted by molar-refractivity contribution is 7.92. The smallest absolute Gasteiger partial charge is 0.248 e. The molecule has 2 aromatic carbocycles. The van der Waals surface area contributed by atoms with Gasteiger partial charge in [-0.1, -0.05) is 0 Å². The molecule has 9 nitrogen and oxygen atoms in total. The van der Waals surface area contributed by atoms with E-state index in [2.05, 4.69) is 10.0 Å². The van der Waals surface area contributed by atoms with Crippen molar-refractivity contribution in [2.24, 2.45) is 0 Å². The Balaban J connectivity index is 2.18. The van der Waals surface area contributed by atoms with Crippen LogP contribution in [0, 0.1) is 0 Å². The van der Waals surface area contributed by atoms with Crippen LogP contribution in [0.15, 0.2) is 36.4 Å². The zero-order chi connectivity index (χ0) is 23.0. The minimum absolute atomic E-state index is 0.0691. The zero-order valence-electron chi connectivity index (χ0n) is 18.0. The van der Waals surface area contributed by atoms with Gasteiger partial charge in [-0.2, -0.15) is 0 Å². The van der Waals surface area contributed by atoms with Gasteiger partial charge in [0.1, 0.15) is 5.75 Å². The molecule has 0 aliphatic carbocycles. The van der Waals surface area contributed by atoms with Crippen LogP contribution in [0.3, 0.4) is 0 Å². The lowest BCUT2D eigenvalue weighted by atomic mass is 10.1. The van der Waals surface area contributed by atoms with Crippen LogP contribution in [0.1, 0.15) is 12.5 Å². The van der Waals surface area contributed by atoms with Crippen molar-refractivity contribution in [3.8, 4) is 23.0 Å². The summed E-state index contributed by atoms with van der Waals surface area (Å²) >= 11 is 0. The Morgan fingerprint density at radius 1 is 0.935 bits per heavy atom. The number of ether oxygens (including phenoxy) is 4. The predicted molar refractivity (Wildman–Crippen MR) is 120 cm³/mol. The molecule has 2 N–H and O–H groups in total. The normalized spacial score (nSPS) is 11.1. The minimum Gasteiger partial charge on any atom is -0.494 e. The minimum atomic E-state index is -3.45. The van der Waals surface area contributed by atoms with Crippen LogP contribution < -0.4 is 29.0 Å². The summed E-state index contributed by atoms with van der Waals surface area (Å²) < 4.78 is 47.1. The van der Waals surface area contributed by atoms with E-state index in [1.54, 1.807) is 24.3 Å². The number of carbonyl (C=O) groups excluding carboxylic acids is 1. The maximum atomic E-state index is 12.3. The van der Waals surface area contributed by atoms with Crippen LogP contribution >= 0.6 is 0 Å². The Hall–Kier alpha value is -3.40. The van der Waals surface area contributed by atoms with Gasteiger partial charge < -0.3 is 24.3 Å². The molecule has 0 saturated carbocycles. The highest BCUT2D eigenvalue weighted by Crippen LogP contribution is 2.38. The average Bonchev–Trinajstić information content (AvgIpc) is 2.77. The molecule has 0 heterocycles. The summed E-state index contributed by atoms with van der Waals surface area (Å²) in [7, 11) is 2.49. The Morgan fingerprint density at radius 3 is 2.06 bits per heavy atom. The largest absolute Gasteiger partial charge is 0.494 e. The van der Waals surface area contributed by atoms with E-state index in [9.17, 15) is 13.2 Å². The zero-order valence-corrected chi connectivity index (χ0v) is 18.8. The van der Waals surface area contributed by atoms with E-state index in [4.69, 9.17) is 18.9 Å². The number of benzene rings is 2. The Bertz CT molecular complexity index is 1040. The van der Waals surface area contributed by atoms with Crippen molar-refractivity contribution >= 4 is 33.4 Å². The lowest BCUT2D eigenvalue weighted by Gasteiger charge is -2.13. The molecule has 10 heteroatoms. The fraction of sp³-hybridized carbons (Fsp3) is 0.286. The molecule has 2 aromatic rings. The fourth-order valence-electron chi connectivity index (χ4n) is 2.65. The number of hydrogen-bond donors (Lipinski definition) is 2. The van der Waals surface area contributed by atoms with Crippen LogP contribution in [0.4, 0.5) is 11.4 Å². The first kappa shape index (κ1) is 23.9. The molecule has 0 spiro atoms. The van der Waals surface area contributed by atoms with Gasteiger partial charge in [0, 0.05) is 17.8 Å². The summed E-state index contributed by atoms with van der Waals surface area (Å²) in [5, 5.41) is 2.70. The number of carbonyl (C=O) groups is 1. The second-order valence-corrected chi connectivity index (χ2v) is 8.21. The van der Waals surface area contributed by atoms with E-state index in [0.717, 1.165) is 0 Å². The lowest BCUT2D eigenvalue weighted by molar-refractivity contribution is -0.111. The number of anilines is 2. The molecular formula is C21H26N2O7S. The van der Waals surface area contributed by atoms with Crippen molar-refractivity contribution < 1.29 is 32.2 Å². The molecule has 0 atom stereocenters. The highest BCUT2D eigenvalue weighted by Gasteiger charge is 2.13. The van der Waals surface area contributed by atoms with E-state index >= 15 is 0 Å². The number of methoxy groups -OCH3 is 4. The number of sulfonamides is 1. The summed E-state index contributed by atoms with van der Waals surface area (Å²) in [5.74, 6) is 1.22. The average molecular weight is 451 g/mol. The maximum absolute atomic E-state index is 12.3. The van der Waals surface area contributed by atoms with Crippen LogP contribution in [-0.4, -0.2) is 48.5 Å². The summed E-state index contributed by atoms with van der Waals surface area (Å²) in [4.78, 5) is 12.3. The predicted octanol–water partition coefficient (Wildman–Crippen LogP) is 3.13. The summed E-state index contributed by atoms with van der Waals surface area (Å²) in [6.07, 6.45) is 2.95. The molecular weight excluding hydrogens is 424 g/mol. The van der Waals surface area contributed by atoms with Gasteiger partial charge in [-0.3, -0.25) is 9.52 Å². The maximum Gasteiger partial charge on any atom is 0.248 e. The van der Waals surface area contributed by atoms with Gasteiger partial charge in [0.15, 0.2) is 11.5 Å². The molecule has 0 saturated heterocycles. The van der Waals surface area contributed by atoms with Gasteiger partial charge in [-0.25, -0.2) is 8.42 Å². The van der Waals surface area contributed by atoms with Gasteiger partial charge in [0.05, 0.1) is 39.9 Å². The van der Waals surface area contributed by atoms with Crippen molar-refractivity contribution in [1.29, 1.82) is 0 Å². The highest BCUT2D eigenvalue weighted by atomic mass is 32.2. The molecule has 31 heavy (non-hydrogen) atoms. The van der Waals surface area contributed by atoms with E-state index in [0.29, 0.717) is 28.5 Å². The van der Waals surface area contributed by atoms with E-state index in [1.807, 2.05) is 0 Å². The number of amides is 1. The van der Waals surface area contributed by atoms with Gasteiger partial charge in [-0.05, 0) is 42.8 Å². The standard InChI is InChI=1S/C21H26N2O7S/c1-6-31(25,26)23-16-9-8-15(13-17(16)27-2)22-20(24)10-7-14-11-18(28-3)21(30-5)19(12-14)29-4/h7-13,23H,6H2,1-5H3,(H,22,24)/b10-7+. The van der Waals surface area contributed by atoms with Gasteiger partial charge in [0.2, 0.25) is 21.7 Å². The van der Waals surface area contributed by atoms with Crippen LogP contribution in [-0.2, 0) is 14.8 Å². The topological polar surface area (TPSA) is 112 Å². The molecule has 0 bridgehead atoms. The first-order valence-corrected chi connectivity index (χ1v) is 10.9. The number of nitrogens with one attached hydrogen (secondary N) is 2. The number of hydrogen-bond acceptors (Lipinski definition) is 7. The van der Waals surface area contributed by atoms with E-state index in [-0.39, 0.29) is 17.2 Å². The van der Waals surface area contributed by atoms with Gasteiger partial charge >= 0.3 is 0 Å². The van der Waals surface area contributed by atoms with E-state index < -0.39 is 15.9 Å². The molecule has 0 aromatic heterocycles. The number of rotatable bonds is 10. The van der Waals surface area contributed by atoms with Crippen molar-refractivity contribution in [3.63, 3.8) is 0 Å². The third-order valence-corrected chi connectivity index (χ3v) is 5.52. The monoisotopic (exact) mass is 450 g/mol. The first-order valence-electron chi connectivity index (χ1n) is 9.24. The quantitative estimate of drug-likeness (QED) is 0.535. The van der Waals surface area contributed by atoms with Crippen molar-refractivity contribution in [2.45, 2.75) is 6.92 Å². The second-order valence-electron chi connectivity index (χ2n) is 6.20. The Labute approximate surface area is 182 Å². The van der Waals surface area contributed by atoms with Crippen molar-refractivity contribution in [1.82, 2.24) is 0 Å². The van der Waals surface area contributed by atoms with Gasteiger partial charge in [-0.15, -0.1) is 0 Å². The molecule has 0 aliphatic heterocycles. The molecule has 1 amide bonds. The molecule has 168 valence electrons. The second kappa shape index (κ2) is 10.6. The summed E-state index contributed by atoms with van der Waals surface area (Å²) in [6, 6.07) is 8.04. The van der Waals surface area contributed by atoms with Gasteiger partial charge in [0.25, 0.3) is 0 Å². The van der Waals surface area contributed by atoms with Crippen LogP contribution in [0.25, 0.3) is 6.08 Å². The molecule has 0 aliphatic rings. The molecule has 0 fully saturated rings. The Morgan fingerprint density at radius 2 is 1.55 bits per heavy atom. The van der Waals surface area contributed by atoms with Crippen molar-refractivity contribution in [3.05, 3.63) is 42.0 Å². The Kier molecular flexibility index (Phi) is 8.14. The molecule has 0 unspecified atom stereocenters. The summed E-state index contributed by atoms with van der Waals surface area (Å²) in [6.45, 7) is 1.53. The lowest BCUT2D eigenvalue weighted by Crippen LogP contribution is -2.15. The SMILES string of the molecule is CCS(=O)(=O)Nc1ccc(NC(=O)/C=C/c2cc(OC)c(OC)c(OC)c2)cc1OC. The first-order chi connectivity index (χ1) is 14.8. The van der Waals surface area contributed by atoms with Crippen LogP contribution in [0.2, 0.25) is 0 Å². The molecule has 0 radical (unpaired) electrons.